The van der Waals surface area contributed by atoms with Crippen molar-refractivity contribution in [2.24, 2.45) is 10.8 Å². The second-order valence-corrected chi connectivity index (χ2v) is 7.29. The molecule has 2 atom stereocenters. The van der Waals surface area contributed by atoms with Crippen molar-refractivity contribution in [3.8, 4) is 0 Å². The first-order valence-electron chi connectivity index (χ1n) is 6.68. The molecule has 0 aromatic rings. The highest BCUT2D eigenvalue weighted by molar-refractivity contribution is 4.97. The smallest absolute Gasteiger partial charge is 0.120 e. The van der Waals surface area contributed by atoms with E-state index in [2.05, 4.69) is 39.9 Å². The van der Waals surface area contributed by atoms with Crippen molar-refractivity contribution >= 4 is 0 Å². The molecule has 0 bridgehead atoms. The Labute approximate surface area is 100 Å². The molecule has 1 aliphatic carbocycles. The number of rotatable bonds is 0. The van der Waals surface area contributed by atoms with Gasteiger partial charge < -0.3 is 4.74 Å². The van der Waals surface area contributed by atoms with Gasteiger partial charge in [0.25, 0.3) is 0 Å². The predicted molar refractivity (Wildman–Crippen MR) is 67.3 cm³/mol. The summed E-state index contributed by atoms with van der Waals surface area (Å²) in [6.45, 7) is 12.6. The maximum Gasteiger partial charge on any atom is 0.120 e. The van der Waals surface area contributed by atoms with E-state index in [4.69, 9.17) is 4.74 Å². The van der Waals surface area contributed by atoms with E-state index in [0.29, 0.717) is 11.5 Å². The molecule has 0 aromatic heterocycles. The Hall–Kier alpha value is -0.0800. The standard InChI is InChI=1S/C14H27NO/c1-11-13(4,5)10-15-14(16-11)8-6-7-12(2,3)9-14/h11,15H,6-10H2,1-5H3. The van der Waals surface area contributed by atoms with Crippen LogP contribution in [0.4, 0.5) is 0 Å². The highest BCUT2D eigenvalue weighted by atomic mass is 16.5. The molecular weight excluding hydrogens is 198 g/mol. The minimum Gasteiger partial charge on any atom is -0.357 e. The number of hydrogen-bond donors (Lipinski definition) is 1. The summed E-state index contributed by atoms with van der Waals surface area (Å²) in [5, 5.41) is 3.69. The highest BCUT2D eigenvalue weighted by Gasteiger charge is 2.47. The Morgan fingerprint density at radius 1 is 1.12 bits per heavy atom. The second kappa shape index (κ2) is 3.71. The molecule has 2 nitrogen and oxygen atoms in total. The Balaban J connectivity index is 2.10. The predicted octanol–water partition coefficient (Wildman–Crippen LogP) is 3.32. The zero-order valence-corrected chi connectivity index (χ0v) is 11.5. The summed E-state index contributed by atoms with van der Waals surface area (Å²) in [6.07, 6.45) is 5.30. The van der Waals surface area contributed by atoms with Crippen LogP contribution >= 0.6 is 0 Å². The quantitative estimate of drug-likeness (QED) is 0.683. The van der Waals surface area contributed by atoms with E-state index < -0.39 is 0 Å². The fraction of sp³-hybridized carbons (Fsp3) is 1.00. The topological polar surface area (TPSA) is 21.3 Å². The fourth-order valence-corrected chi connectivity index (χ4v) is 3.13. The summed E-state index contributed by atoms with van der Waals surface area (Å²) in [5.74, 6) is 0. The van der Waals surface area contributed by atoms with Crippen molar-refractivity contribution in [1.82, 2.24) is 5.32 Å². The summed E-state index contributed by atoms with van der Waals surface area (Å²) in [7, 11) is 0. The minimum atomic E-state index is -0.0311. The van der Waals surface area contributed by atoms with Crippen LogP contribution in [-0.2, 0) is 4.74 Å². The minimum absolute atomic E-state index is 0.0311. The summed E-state index contributed by atoms with van der Waals surface area (Å²) in [4.78, 5) is 0. The van der Waals surface area contributed by atoms with E-state index in [1.165, 1.54) is 19.3 Å². The number of hydrogen-bond acceptors (Lipinski definition) is 2. The van der Waals surface area contributed by atoms with E-state index in [1.54, 1.807) is 0 Å². The van der Waals surface area contributed by atoms with Crippen molar-refractivity contribution in [1.29, 1.82) is 0 Å². The van der Waals surface area contributed by atoms with Crippen LogP contribution in [-0.4, -0.2) is 18.4 Å². The average Bonchev–Trinajstić information content (AvgIpc) is 2.11. The van der Waals surface area contributed by atoms with Crippen molar-refractivity contribution in [2.75, 3.05) is 6.54 Å². The highest BCUT2D eigenvalue weighted by Crippen LogP contribution is 2.45. The van der Waals surface area contributed by atoms with Crippen molar-refractivity contribution in [2.45, 2.75) is 72.1 Å². The maximum absolute atomic E-state index is 6.35. The lowest BCUT2D eigenvalue weighted by molar-refractivity contribution is -0.208. The molecule has 1 heterocycles. The van der Waals surface area contributed by atoms with Gasteiger partial charge in [-0.2, -0.15) is 0 Å². The molecule has 2 fully saturated rings. The van der Waals surface area contributed by atoms with Crippen LogP contribution in [0, 0.1) is 10.8 Å². The lowest BCUT2D eigenvalue weighted by atomic mass is 9.71. The molecule has 2 aliphatic rings. The van der Waals surface area contributed by atoms with E-state index in [0.717, 1.165) is 13.0 Å². The molecule has 2 unspecified atom stereocenters. The van der Waals surface area contributed by atoms with Crippen LogP contribution in [0.2, 0.25) is 0 Å². The lowest BCUT2D eigenvalue weighted by Gasteiger charge is -2.53. The molecule has 1 saturated heterocycles. The molecule has 1 spiro atoms. The summed E-state index contributed by atoms with van der Waals surface area (Å²) in [5.41, 5.74) is 0.649. The van der Waals surface area contributed by atoms with Crippen LogP contribution < -0.4 is 5.32 Å². The molecule has 0 aromatic carbocycles. The van der Waals surface area contributed by atoms with Crippen LogP contribution in [0.1, 0.15) is 60.3 Å². The molecule has 2 rings (SSSR count). The Morgan fingerprint density at radius 2 is 1.81 bits per heavy atom. The van der Waals surface area contributed by atoms with Gasteiger partial charge in [-0.15, -0.1) is 0 Å². The molecule has 1 saturated carbocycles. The van der Waals surface area contributed by atoms with Gasteiger partial charge in [-0.05, 0) is 38.0 Å². The van der Waals surface area contributed by atoms with Crippen LogP contribution in [0.25, 0.3) is 0 Å². The summed E-state index contributed by atoms with van der Waals surface area (Å²) >= 11 is 0. The Kier molecular flexibility index (Phi) is 2.87. The van der Waals surface area contributed by atoms with Crippen LogP contribution in [0.5, 0.6) is 0 Å². The fourth-order valence-electron chi connectivity index (χ4n) is 3.13. The van der Waals surface area contributed by atoms with Crippen LogP contribution in [0.3, 0.4) is 0 Å². The number of ether oxygens (including phenoxy) is 1. The van der Waals surface area contributed by atoms with Crippen LogP contribution in [0.15, 0.2) is 0 Å². The van der Waals surface area contributed by atoms with Gasteiger partial charge in [0.2, 0.25) is 0 Å². The van der Waals surface area contributed by atoms with Gasteiger partial charge >= 0.3 is 0 Å². The van der Waals surface area contributed by atoms with Crippen molar-refractivity contribution in [3.05, 3.63) is 0 Å². The van der Waals surface area contributed by atoms with E-state index >= 15 is 0 Å². The second-order valence-electron chi connectivity index (χ2n) is 7.29. The molecule has 16 heavy (non-hydrogen) atoms. The molecule has 0 amide bonds. The molecular formula is C14H27NO. The lowest BCUT2D eigenvalue weighted by Crippen LogP contribution is -2.63. The third kappa shape index (κ3) is 2.28. The first-order chi connectivity index (χ1) is 7.25. The first kappa shape index (κ1) is 12.4. The first-order valence-corrected chi connectivity index (χ1v) is 6.68. The largest absolute Gasteiger partial charge is 0.357 e. The normalized spacial score (nSPS) is 42.2. The summed E-state index contributed by atoms with van der Waals surface area (Å²) < 4.78 is 6.35. The summed E-state index contributed by atoms with van der Waals surface area (Å²) in [6, 6.07) is 0. The SMILES string of the molecule is CC1OC2(CCCC(C)(C)C2)NCC1(C)C. The Bertz CT molecular complexity index is 272. The molecule has 0 radical (unpaired) electrons. The van der Waals surface area contributed by atoms with Crippen molar-refractivity contribution in [3.63, 3.8) is 0 Å². The Morgan fingerprint density at radius 3 is 2.38 bits per heavy atom. The zero-order chi connectivity index (χ0) is 12.0. The van der Waals surface area contributed by atoms with Gasteiger partial charge in [-0.1, -0.05) is 27.7 Å². The molecule has 94 valence electrons. The molecule has 1 aliphatic heterocycles. The average molecular weight is 225 g/mol. The van der Waals surface area contributed by atoms with Gasteiger partial charge in [-0.25, -0.2) is 0 Å². The van der Waals surface area contributed by atoms with Gasteiger partial charge in [0.15, 0.2) is 0 Å². The van der Waals surface area contributed by atoms with E-state index in [1.807, 2.05) is 0 Å². The van der Waals surface area contributed by atoms with Gasteiger partial charge in [0.05, 0.1) is 6.10 Å². The van der Waals surface area contributed by atoms with Gasteiger partial charge in [0.1, 0.15) is 5.72 Å². The van der Waals surface area contributed by atoms with Gasteiger partial charge in [0, 0.05) is 12.0 Å². The monoisotopic (exact) mass is 225 g/mol. The molecule has 1 N–H and O–H groups in total. The van der Waals surface area contributed by atoms with E-state index in [9.17, 15) is 0 Å². The third-order valence-corrected chi connectivity index (χ3v) is 4.57. The zero-order valence-electron chi connectivity index (χ0n) is 11.5. The maximum atomic E-state index is 6.35. The van der Waals surface area contributed by atoms with E-state index in [-0.39, 0.29) is 11.1 Å². The van der Waals surface area contributed by atoms with Gasteiger partial charge in [-0.3, -0.25) is 5.32 Å². The third-order valence-electron chi connectivity index (χ3n) is 4.57. The number of nitrogens with one attached hydrogen (secondary N) is 1. The molecule has 2 heteroatoms. The van der Waals surface area contributed by atoms with Crippen molar-refractivity contribution < 1.29 is 4.74 Å².